The van der Waals surface area contributed by atoms with Gasteiger partial charge in [0.15, 0.2) is 6.67 Å². The first-order chi connectivity index (χ1) is 13.2. The van der Waals surface area contributed by atoms with Gasteiger partial charge >= 0.3 is 6.18 Å². The van der Waals surface area contributed by atoms with Crippen molar-refractivity contribution in [3.8, 4) is 0 Å². The monoisotopic (exact) mass is 417 g/mol. The number of nitrogens with zero attached hydrogens (tertiary/aromatic N) is 5. The Labute approximate surface area is 163 Å². The molecule has 0 radical (unpaired) electrons. The second-order valence-corrected chi connectivity index (χ2v) is 6.92. The molecule has 1 saturated heterocycles. The van der Waals surface area contributed by atoms with Gasteiger partial charge in [-0.3, -0.25) is 10.1 Å². The van der Waals surface area contributed by atoms with Crippen LogP contribution in [0.5, 0.6) is 0 Å². The summed E-state index contributed by atoms with van der Waals surface area (Å²) >= 11 is 5.35. The third-order valence-electron chi connectivity index (χ3n) is 4.82. The van der Waals surface area contributed by atoms with Crippen LogP contribution < -0.4 is 9.80 Å². The van der Waals surface area contributed by atoms with Gasteiger partial charge in [0.05, 0.1) is 36.7 Å². The zero-order valence-electron chi connectivity index (χ0n) is 15.1. The Hall–Kier alpha value is -2.47. The molecule has 12 heteroatoms. The SMILES string of the molecule is CCn1cnn(C[NH+]2CCN(c3ccc(C(F)(F)F)cc3[N+](=O)[O-])CC2)c1=S. The van der Waals surface area contributed by atoms with Crippen LogP contribution in [0.15, 0.2) is 24.5 Å². The maximum atomic E-state index is 12.9. The molecule has 1 aromatic heterocycles. The number of benzene rings is 1. The molecular weight excluding hydrogens is 397 g/mol. The third-order valence-corrected chi connectivity index (χ3v) is 5.27. The van der Waals surface area contributed by atoms with Crippen LogP contribution in [0.3, 0.4) is 0 Å². The van der Waals surface area contributed by atoms with E-state index in [-0.39, 0.29) is 5.69 Å². The fourth-order valence-corrected chi connectivity index (χ4v) is 3.53. The second-order valence-electron chi connectivity index (χ2n) is 6.55. The van der Waals surface area contributed by atoms with Crippen LogP contribution in [-0.4, -0.2) is 45.4 Å². The van der Waals surface area contributed by atoms with Gasteiger partial charge in [0.2, 0.25) is 4.77 Å². The molecule has 1 N–H and O–H groups in total. The molecule has 1 fully saturated rings. The van der Waals surface area contributed by atoms with Crippen LogP contribution in [0.1, 0.15) is 12.5 Å². The van der Waals surface area contributed by atoms with Crippen molar-refractivity contribution in [3.63, 3.8) is 0 Å². The molecular formula is C16H20F3N6O2S+. The predicted octanol–water partition coefficient (Wildman–Crippen LogP) is 1.72. The number of alkyl halides is 3. The number of anilines is 1. The third kappa shape index (κ3) is 4.17. The van der Waals surface area contributed by atoms with Crippen molar-refractivity contribution >= 4 is 23.6 Å². The Morgan fingerprint density at radius 3 is 2.54 bits per heavy atom. The minimum atomic E-state index is -4.62. The molecule has 0 aliphatic carbocycles. The molecule has 8 nitrogen and oxygen atoms in total. The number of nitro benzene ring substituents is 1. The van der Waals surface area contributed by atoms with E-state index >= 15 is 0 Å². The second kappa shape index (κ2) is 7.87. The number of piperazine rings is 1. The fraction of sp³-hybridized carbons (Fsp3) is 0.500. The molecule has 0 amide bonds. The summed E-state index contributed by atoms with van der Waals surface area (Å²) in [4.78, 5) is 13.5. The normalized spacial score (nSPS) is 15.8. The highest BCUT2D eigenvalue weighted by molar-refractivity contribution is 7.71. The molecule has 3 rings (SSSR count). The Morgan fingerprint density at radius 1 is 1.32 bits per heavy atom. The van der Waals surface area contributed by atoms with E-state index in [1.807, 2.05) is 11.5 Å². The minimum absolute atomic E-state index is 0.212. The Morgan fingerprint density at radius 2 is 2.00 bits per heavy atom. The van der Waals surface area contributed by atoms with E-state index in [1.165, 1.54) is 11.0 Å². The van der Waals surface area contributed by atoms with Gasteiger partial charge in [-0.25, -0.2) is 0 Å². The molecule has 0 saturated carbocycles. The maximum absolute atomic E-state index is 12.9. The van der Waals surface area contributed by atoms with Crippen molar-refractivity contribution < 1.29 is 23.0 Å². The molecule has 2 aromatic rings. The number of quaternary nitrogens is 1. The van der Waals surface area contributed by atoms with Crippen LogP contribution in [-0.2, 0) is 19.4 Å². The summed E-state index contributed by atoms with van der Waals surface area (Å²) in [7, 11) is 0. The first-order valence-electron chi connectivity index (χ1n) is 8.77. The van der Waals surface area contributed by atoms with Crippen molar-refractivity contribution in [2.45, 2.75) is 26.3 Å². The summed E-state index contributed by atoms with van der Waals surface area (Å²) < 4.78 is 42.8. The molecule has 2 heterocycles. The molecule has 0 atom stereocenters. The summed E-state index contributed by atoms with van der Waals surface area (Å²) in [5.74, 6) is 0. The maximum Gasteiger partial charge on any atom is 0.416 e. The lowest BCUT2D eigenvalue weighted by Gasteiger charge is -2.33. The smallest absolute Gasteiger partial charge is 0.355 e. The highest BCUT2D eigenvalue weighted by atomic mass is 32.1. The molecule has 152 valence electrons. The lowest BCUT2D eigenvalue weighted by molar-refractivity contribution is -0.924. The van der Waals surface area contributed by atoms with Crippen LogP contribution in [0.4, 0.5) is 24.5 Å². The van der Waals surface area contributed by atoms with Crippen molar-refractivity contribution in [2.75, 3.05) is 31.1 Å². The van der Waals surface area contributed by atoms with Crippen LogP contribution in [0, 0.1) is 14.9 Å². The number of nitro groups is 1. The topological polar surface area (TPSA) is 73.6 Å². The Bertz CT molecular complexity index is 918. The van der Waals surface area contributed by atoms with Crippen molar-refractivity contribution in [3.05, 3.63) is 45.0 Å². The lowest BCUT2D eigenvalue weighted by Crippen LogP contribution is -3.14. The average Bonchev–Trinajstić information content (AvgIpc) is 3.01. The standard InChI is InChI=1S/C16H19F3N6O2S/c1-2-22-10-20-24(15(22)28)11-21-5-7-23(8-6-21)13-4-3-12(16(17,18)19)9-14(13)25(26)27/h3-4,9-10H,2,5-8,11H2,1H3/p+1. The summed E-state index contributed by atoms with van der Waals surface area (Å²) in [6.45, 7) is 5.60. The molecule has 1 aliphatic heterocycles. The van der Waals surface area contributed by atoms with E-state index < -0.39 is 22.4 Å². The Balaban J connectivity index is 1.71. The first kappa shape index (κ1) is 20.3. The first-order valence-corrected chi connectivity index (χ1v) is 9.18. The zero-order valence-corrected chi connectivity index (χ0v) is 16.0. The van der Waals surface area contributed by atoms with Crippen molar-refractivity contribution in [1.82, 2.24) is 14.3 Å². The fourth-order valence-electron chi connectivity index (χ4n) is 3.24. The summed E-state index contributed by atoms with van der Waals surface area (Å²) in [6, 6.07) is 2.68. The number of aryl methyl sites for hydroxylation is 1. The minimum Gasteiger partial charge on any atom is -0.355 e. The molecule has 1 aromatic carbocycles. The van der Waals surface area contributed by atoms with Gasteiger partial charge in [-0.05, 0) is 31.3 Å². The molecule has 0 spiro atoms. The molecule has 0 unspecified atom stereocenters. The van der Waals surface area contributed by atoms with Crippen LogP contribution >= 0.6 is 12.2 Å². The largest absolute Gasteiger partial charge is 0.416 e. The number of aromatic nitrogens is 3. The average molecular weight is 417 g/mol. The van der Waals surface area contributed by atoms with Gasteiger partial charge in [-0.1, -0.05) is 0 Å². The van der Waals surface area contributed by atoms with E-state index in [0.29, 0.717) is 43.7 Å². The van der Waals surface area contributed by atoms with E-state index in [9.17, 15) is 23.3 Å². The van der Waals surface area contributed by atoms with Crippen LogP contribution in [0.25, 0.3) is 0 Å². The van der Waals surface area contributed by atoms with Gasteiger partial charge < -0.3 is 14.4 Å². The van der Waals surface area contributed by atoms with Gasteiger partial charge in [0, 0.05) is 12.6 Å². The summed E-state index contributed by atoms with van der Waals surface area (Å²) in [5, 5.41) is 15.6. The van der Waals surface area contributed by atoms with Gasteiger partial charge in [-0.15, -0.1) is 0 Å². The predicted molar refractivity (Wildman–Crippen MR) is 97.7 cm³/mol. The lowest BCUT2D eigenvalue weighted by atomic mass is 10.1. The summed E-state index contributed by atoms with van der Waals surface area (Å²) in [5.41, 5.74) is -1.33. The van der Waals surface area contributed by atoms with Crippen molar-refractivity contribution in [2.24, 2.45) is 0 Å². The van der Waals surface area contributed by atoms with Crippen molar-refractivity contribution in [1.29, 1.82) is 0 Å². The summed E-state index contributed by atoms with van der Waals surface area (Å²) in [6.07, 6.45) is -2.93. The number of halogens is 3. The molecule has 0 bridgehead atoms. The van der Waals surface area contributed by atoms with Gasteiger partial charge in [0.1, 0.15) is 12.0 Å². The van der Waals surface area contributed by atoms with Gasteiger partial charge in [-0.2, -0.15) is 23.0 Å². The highest BCUT2D eigenvalue weighted by Gasteiger charge is 2.34. The molecule has 1 aliphatic rings. The Kier molecular flexibility index (Phi) is 5.70. The number of hydrogen-bond acceptors (Lipinski definition) is 5. The quantitative estimate of drug-likeness (QED) is 0.456. The number of hydrogen-bond donors (Lipinski definition) is 1. The zero-order chi connectivity index (χ0) is 20.5. The molecule has 28 heavy (non-hydrogen) atoms. The highest BCUT2D eigenvalue weighted by Crippen LogP contribution is 2.36. The van der Waals surface area contributed by atoms with Gasteiger partial charge in [0.25, 0.3) is 5.69 Å². The van der Waals surface area contributed by atoms with Crippen LogP contribution in [0.2, 0.25) is 0 Å². The van der Waals surface area contributed by atoms with E-state index in [1.54, 1.807) is 15.9 Å². The number of nitrogens with one attached hydrogen (secondary N) is 1. The van der Waals surface area contributed by atoms with E-state index in [4.69, 9.17) is 12.2 Å². The van der Waals surface area contributed by atoms with E-state index in [2.05, 4.69) is 5.10 Å². The number of rotatable bonds is 5. The van der Waals surface area contributed by atoms with E-state index in [0.717, 1.165) is 12.6 Å².